The van der Waals surface area contributed by atoms with Crippen molar-refractivity contribution in [3.8, 4) is 11.5 Å². The fourth-order valence-electron chi connectivity index (χ4n) is 3.10. The van der Waals surface area contributed by atoms with Crippen molar-refractivity contribution in [3.63, 3.8) is 0 Å². The summed E-state index contributed by atoms with van der Waals surface area (Å²) < 4.78 is 10.5. The van der Waals surface area contributed by atoms with Gasteiger partial charge in [0.15, 0.2) is 5.78 Å². The van der Waals surface area contributed by atoms with Gasteiger partial charge >= 0.3 is 0 Å². The largest absolute Gasteiger partial charge is 0.497 e. The van der Waals surface area contributed by atoms with Crippen LogP contribution in [0.5, 0.6) is 11.5 Å². The third-order valence-electron chi connectivity index (χ3n) is 4.38. The summed E-state index contributed by atoms with van der Waals surface area (Å²) in [5, 5.41) is 0.621. The van der Waals surface area contributed by atoms with E-state index in [4.69, 9.17) is 15.2 Å². The van der Waals surface area contributed by atoms with Gasteiger partial charge in [-0.25, -0.2) is 0 Å². The Morgan fingerprint density at radius 1 is 1.22 bits per heavy atom. The zero-order chi connectivity index (χ0) is 16.6. The van der Waals surface area contributed by atoms with Gasteiger partial charge in [-0.05, 0) is 42.9 Å². The van der Waals surface area contributed by atoms with E-state index >= 15 is 0 Å². The summed E-state index contributed by atoms with van der Waals surface area (Å²) in [6.45, 7) is 2.24. The quantitative estimate of drug-likeness (QED) is 0.868. The van der Waals surface area contributed by atoms with Crippen LogP contribution >= 0.6 is 11.3 Å². The van der Waals surface area contributed by atoms with Gasteiger partial charge in [-0.3, -0.25) is 4.79 Å². The lowest BCUT2D eigenvalue weighted by molar-refractivity contribution is 0.103. The molecule has 0 fully saturated rings. The van der Waals surface area contributed by atoms with Gasteiger partial charge in [-0.2, -0.15) is 0 Å². The van der Waals surface area contributed by atoms with Gasteiger partial charge in [-0.15, -0.1) is 11.3 Å². The number of hydrogen-bond donors (Lipinski definition) is 1. The average molecular weight is 331 g/mol. The summed E-state index contributed by atoms with van der Waals surface area (Å²) in [5.41, 5.74) is 8.54. The number of ketones is 1. The molecule has 23 heavy (non-hydrogen) atoms. The molecule has 3 rings (SSSR count). The molecule has 0 radical (unpaired) electrons. The monoisotopic (exact) mass is 331 g/mol. The van der Waals surface area contributed by atoms with Gasteiger partial charge in [0.2, 0.25) is 0 Å². The average Bonchev–Trinajstić information content (AvgIpc) is 2.88. The van der Waals surface area contributed by atoms with Crippen molar-refractivity contribution in [3.05, 3.63) is 39.8 Å². The van der Waals surface area contributed by atoms with E-state index in [2.05, 4.69) is 6.92 Å². The molecule has 1 heterocycles. The lowest BCUT2D eigenvalue weighted by atomic mass is 9.86. The van der Waals surface area contributed by atoms with Gasteiger partial charge in [0.25, 0.3) is 0 Å². The molecule has 5 heteroatoms. The molecule has 4 nitrogen and oxygen atoms in total. The molecule has 1 atom stereocenters. The number of ether oxygens (including phenoxy) is 2. The molecular weight excluding hydrogens is 310 g/mol. The van der Waals surface area contributed by atoms with Crippen molar-refractivity contribution in [1.82, 2.24) is 0 Å². The lowest BCUT2D eigenvalue weighted by Crippen LogP contribution is -2.13. The van der Waals surface area contributed by atoms with Gasteiger partial charge in [-0.1, -0.05) is 6.92 Å². The van der Waals surface area contributed by atoms with E-state index in [1.165, 1.54) is 4.88 Å². The molecule has 0 amide bonds. The van der Waals surface area contributed by atoms with Crippen LogP contribution in [0.3, 0.4) is 0 Å². The number of nitrogen functional groups attached to an aromatic ring is 1. The van der Waals surface area contributed by atoms with Crippen molar-refractivity contribution >= 4 is 22.1 Å². The molecule has 0 aliphatic heterocycles. The molecule has 1 aliphatic carbocycles. The van der Waals surface area contributed by atoms with E-state index in [-0.39, 0.29) is 5.78 Å². The number of carbonyl (C=O) groups excluding carboxylic acids is 1. The smallest absolute Gasteiger partial charge is 0.196 e. The first-order valence-corrected chi connectivity index (χ1v) is 8.53. The Morgan fingerprint density at radius 3 is 2.48 bits per heavy atom. The first kappa shape index (κ1) is 15.9. The van der Waals surface area contributed by atoms with Crippen molar-refractivity contribution < 1.29 is 14.3 Å². The highest BCUT2D eigenvalue weighted by Gasteiger charge is 2.27. The number of anilines is 1. The van der Waals surface area contributed by atoms with Crippen molar-refractivity contribution in [2.24, 2.45) is 5.92 Å². The van der Waals surface area contributed by atoms with Crippen LogP contribution in [0.25, 0.3) is 0 Å². The molecule has 0 spiro atoms. The van der Waals surface area contributed by atoms with Crippen molar-refractivity contribution in [2.45, 2.75) is 26.2 Å². The number of fused-ring (bicyclic) bond motifs is 1. The fraction of sp³-hybridized carbons (Fsp3) is 0.389. The predicted octanol–water partition coefficient (Wildman–Crippen LogP) is 3.70. The summed E-state index contributed by atoms with van der Waals surface area (Å²) in [6.07, 6.45) is 3.04. The highest BCUT2D eigenvalue weighted by molar-refractivity contribution is 7.16. The predicted molar refractivity (Wildman–Crippen MR) is 92.9 cm³/mol. The molecule has 0 saturated heterocycles. The molecule has 1 aromatic carbocycles. The van der Waals surface area contributed by atoms with E-state index in [9.17, 15) is 4.79 Å². The second kappa shape index (κ2) is 6.24. The maximum atomic E-state index is 13.0. The number of benzene rings is 1. The minimum Gasteiger partial charge on any atom is -0.497 e. The summed E-state index contributed by atoms with van der Waals surface area (Å²) in [7, 11) is 3.15. The Hall–Kier alpha value is -2.01. The first-order chi connectivity index (χ1) is 11.0. The second-order valence-electron chi connectivity index (χ2n) is 6.02. The van der Waals surface area contributed by atoms with E-state index in [1.54, 1.807) is 43.8 Å². The molecule has 0 bridgehead atoms. The van der Waals surface area contributed by atoms with Crippen LogP contribution in [0.15, 0.2) is 18.2 Å². The molecule has 0 unspecified atom stereocenters. The summed E-state index contributed by atoms with van der Waals surface area (Å²) >= 11 is 1.56. The van der Waals surface area contributed by atoms with Crippen LogP contribution in [0, 0.1) is 5.92 Å². The van der Waals surface area contributed by atoms with Crippen molar-refractivity contribution in [2.75, 3.05) is 20.0 Å². The van der Waals surface area contributed by atoms with Gasteiger partial charge in [0.1, 0.15) is 11.5 Å². The molecular formula is C18H21NO3S. The van der Waals surface area contributed by atoms with Crippen LogP contribution < -0.4 is 15.2 Å². The van der Waals surface area contributed by atoms with Gasteiger partial charge in [0, 0.05) is 16.5 Å². The van der Waals surface area contributed by atoms with Crippen molar-refractivity contribution in [1.29, 1.82) is 0 Å². The van der Waals surface area contributed by atoms with E-state index < -0.39 is 0 Å². The fourth-order valence-corrected chi connectivity index (χ4v) is 4.38. The zero-order valence-corrected chi connectivity index (χ0v) is 14.5. The Morgan fingerprint density at radius 2 is 1.87 bits per heavy atom. The Balaban J connectivity index is 2.05. The maximum absolute atomic E-state index is 13.0. The number of carbonyl (C=O) groups is 1. The van der Waals surface area contributed by atoms with Crippen LogP contribution in [-0.4, -0.2) is 20.0 Å². The topological polar surface area (TPSA) is 61.5 Å². The number of methoxy groups -OCH3 is 2. The van der Waals surface area contributed by atoms with Crippen LogP contribution in [-0.2, 0) is 12.8 Å². The highest BCUT2D eigenvalue weighted by Crippen LogP contribution is 2.39. The molecule has 0 saturated carbocycles. The number of hydrogen-bond acceptors (Lipinski definition) is 5. The SMILES string of the molecule is COc1cc(OC)cc(C(=O)c2c(N)sc3c2CC[C@@H](C)C3)c1. The van der Waals surface area contributed by atoms with E-state index in [0.29, 0.717) is 33.5 Å². The third kappa shape index (κ3) is 2.93. The minimum atomic E-state index is -0.0493. The third-order valence-corrected chi connectivity index (χ3v) is 5.46. The number of nitrogens with two attached hydrogens (primary N) is 1. The molecule has 122 valence electrons. The Labute approximate surface area is 140 Å². The number of thiophene rings is 1. The summed E-state index contributed by atoms with van der Waals surface area (Å²) in [6, 6.07) is 5.23. The first-order valence-electron chi connectivity index (χ1n) is 7.71. The van der Waals surface area contributed by atoms with Gasteiger partial charge < -0.3 is 15.2 Å². The maximum Gasteiger partial charge on any atom is 0.196 e. The molecule has 1 aromatic heterocycles. The highest BCUT2D eigenvalue weighted by atomic mass is 32.1. The molecule has 2 N–H and O–H groups in total. The van der Waals surface area contributed by atoms with Gasteiger partial charge in [0.05, 0.1) is 24.8 Å². The van der Waals surface area contributed by atoms with Crippen LogP contribution in [0.4, 0.5) is 5.00 Å². The molecule has 2 aromatic rings. The van der Waals surface area contributed by atoms with E-state index in [0.717, 1.165) is 24.8 Å². The Kier molecular flexibility index (Phi) is 4.31. The number of rotatable bonds is 4. The second-order valence-corrected chi connectivity index (χ2v) is 7.16. The normalized spacial score (nSPS) is 16.7. The summed E-state index contributed by atoms with van der Waals surface area (Å²) in [5.74, 6) is 1.81. The lowest BCUT2D eigenvalue weighted by Gasteiger charge is -2.18. The van der Waals surface area contributed by atoms with Crippen LogP contribution in [0.2, 0.25) is 0 Å². The summed E-state index contributed by atoms with van der Waals surface area (Å²) in [4.78, 5) is 14.3. The minimum absolute atomic E-state index is 0.0493. The zero-order valence-electron chi connectivity index (χ0n) is 13.6. The van der Waals surface area contributed by atoms with E-state index in [1.807, 2.05) is 0 Å². The Bertz CT molecular complexity index is 729. The van der Waals surface area contributed by atoms with Crippen LogP contribution in [0.1, 0.15) is 39.7 Å². The standard InChI is InChI=1S/C18H21NO3S/c1-10-4-5-14-15(6-10)23-18(19)16(14)17(20)11-7-12(21-2)9-13(8-11)22-3/h7-10H,4-6,19H2,1-3H3/t10-/m1/s1. The molecule has 1 aliphatic rings.